The molecule has 0 aromatic rings. The zero-order valence-electron chi connectivity index (χ0n) is 7.88. The second kappa shape index (κ2) is 6.94. The Bertz CT molecular complexity index is 150. The molecule has 0 heterocycles. The van der Waals surface area contributed by atoms with Gasteiger partial charge in [-0.1, -0.05) is 26.2 Å². The van der Waals surface area contributed by atoms with Crippen LogP contribution in [0.3, 0.4) is 0 Å². The van der Waals surface area contributed by atoms with Gasteiger partial charge in [-0.05, 0) is 24.6 Å². The molecule has 0 aliphatic rings. The van der Waals surface area contributed by atoms with Crippen LogP contribution >= 0.6 is 18.0 Å². The van der Waals surface area contributed by atoms with Gasteiger partial charge in [-0.3, -0.25) is 4.57 Å². The second-order valence-electron chi connectivity index (χ2n) is 2.79. The quantitative estimate of drug-likeness (QED) is 0.470. The van der Waals surface area contributed by atoms with Crippen molar-refractivity contribution in [2.75, 3.05) is 12.8 Å². The Kier molecular flexibility index (Phi) is 7.22. The Balaban J connectivity index is 3.41. The van der Waals surface area contributed by atoms with Gasteiger partial charge in [-0.2, -0.15) is 0 Å². The molecule has 0 spiro atoms. The van der Waals surface area contributed by atoms with Crippen molar-refractivity contribution in [3.8, 4) is 0 Å². The van der Waals surface area contributed by atoms with E-state index < -0.39 is 6.72 Å². The minimum absolute atomic E-state index is 0.439. The Morgan fingerprint density at radius 1 is 1.25 bits per heavy atom. The van der Waals surface area contributed by atoms with Gasteiger partial charge in [0.1, 0.15) is 0 Å². The van der Waals surface area contributed by atoms with Crippen LogP contribution in [0.1, 0.15) is 39.5 Å². The molecule has 2 nitrogen and oxygen atoms in total. The lowest BCUT2D eigenvalue weighted by Gasteiger charge is -2.08. The molecule has 0 rings (SSSR count). The minimum atomic E-state index is -2.76. The van der Waals surface area contributed by atoms with E-state index in [4.69, 9.17) is 15.8 Å². The predicted octanol–water partition coefficient (Wildman–Crippen LogP) is 4.04. The maximum absolute atomic E-state index is 11.3. The van der Waals surface area contributed by atoms with Gasteiger partial charge < -0.3 is 4.52 Å². The van der Waals surface area contributed by atoms with E-state index in [1.54, 1.807) is 6.92 Å². The molecule has 0 aliphatic heterocycles. The van der Waals surface area contributed by atoms with Crippen molar-refractivity contribution in [3.05, 3.63) is 0 Å². The molecule has 74 valence electrons. The summed E-state index contributed by atoms with van der Waals surface area (Å²) in [6.07, 6.45) is 4.89. The summed E-state index contributed by atoms with van der Waals surface area (Å²) in [5.41, 5.74) is 0. The van der Waals surface area contributed by atoms with E-state index in [-0.39, 0.29) is 0 Å². The first-order valence-corrected chi connectivity index (χ1v) is 7.27. The summed E-state index contributed by atoms with van der Waals surface area (Å²) < 4.78 is 16.3. The summed E-state index contributed by atoms with van der Waals surface area (Å²) in [6.45, 7) is 1.63. The van der Waals surface area contributed by atoms with Gasteiger partial charge in [0.05, 0.1) is 6.61 Å². The fourth-order valence-electron chi connectivity index (χ4n) is 0.985. The Morgan fingerprint density at radius 3 is 2.42 bits per heavy atom. The van der Waals surface area contributed by atoms with Crippen LogP contribution in [-0.2, 0) is 9.09 Å². The van der Waals surface area contributed by atoms with E-state index in [0.29, 0.717) is 12.8 Å². The van der Waals surface area contributed by atoms with Crippen LogP contribution < -0.4 is 0 Å². The van der Waals surface area contributed by atoms with Gasteiger partial charge in [-0.15, -0.1) is 0 Å². The fraction of sp³-hybridized carbons (Fsp3) is 1.00. The van der Waals surface area contributed by atoms with Crippen molar-refractivity contribution in [3.63, 3.8) is 0 Å². The topological polar surface area (TPSA) is 26.3 Å². The van der Waals surface area contributed by atoms with E-state index in [1.165, 1.54) is 12.8 Å². The molecule has 0 saturated carbocycles. The molecule has 4 heteroatoms. The monoisotopic (exact) mass is 212 g/mol. The smallest absolute Gasteiger partial charge is 0.290 e. The van der Waals surface area contributed by atoms with Crippen molar-refractivity contribution in [2.45, 2.75) is 39.5 Å². The van der Waals surface area contributed by atoms with Crippen LogP contribution in [0.4, 0.5) is 0 Å². The lowest BCUT2D eigenvalue weighted by atomic mass is 10.2. The van der Waals surface area contributed by atoms with E-state index in [9.17, 15) is 4.57 Å². The minimum Gasteiger partial charge on any atom is -0.318 e. The highest BCUT2D eigenvalue weighted by atomic mass is 35.7. The van der Waals surface area contributed by atoms with Crippen molar-refractivity contribution < 1.29 is 9.09 Å². The molecule has 0 N–H and O–H groups in total. The molecule has 0 aromatic heterocycles. The lowest BCUT2D eigenvalue weighted by molar-refractivity contribution is 0.344. The molecule has 0 aliphatic carbocycles. The van der Waals surface area contributed by atoms with Crippen LogP contribution in [0.25, 0.3) is 0 Å². The molecular weight excluding hydrogens is 195 g/mol. The molecule has 1 atom stereocenters. The molecule has 1 unspecified atom stereocenters. The molecule has 0 amide bonds. The summed E-state index contributed by atoms with van der Waals surface area (Å²) in [6, 6.07) is 0. The normalized spacial score (nSPS) is 15.9. The Morgan fingerprint density at radius 2 is 1.92 bits per heavy atom. The van der Waals surface area contributed by atoms with E-state index in [1.807, 2.05) is 0 Å². The van der Waals surface area contributed by atoms with Crippen LogP contribution in [0.15, 0.2) is 0 Å². The molecule has 0 bridgehead atoms. The molecule has 12 heavy (non-hydrogen) atoms. The molecular formula is C8H18ClO2P. The molecule has 0 saturated heterocycles. The first-order chi connectivity index (χ1) is 5.62. The standard InChI is InChI=1S/C8H18ClO2P/c1-3-5-6-7-8-12(9,10)11-4-2/h3-8H2,1-2H3. The fourth-order valence-corrected chi connectivity index (χ4v) is 2.75. The van der Waals surface area contributed by atoms with E-state index >= 15 is 0 Å². The van der Waals surface area contributed by atoms with E-state index in [0.717, 1.165) is 12.8 Å². The van der Waals surface area contributed by atoms with Gasteiger partial charge in [0, 0.05) is 6.16 Å². The number of hydrogen-bond acceptors (Lipinski definition) is 2. The van der Waals surface area contributed by atoms with Gasteiger partial charge in [0.25, 0.3) is 6.72 Å². The molecule has 0 fully saturated rings. The number of hydrogen-bond donors (Lipinski definition) is 0. The third-order valence-electron chi connectivity index (χ3n) is 1.60. The average molecular weight is 213 g/mol. The third kappa shape index (κ3) is 7.15. The Labute approximate surface area is 79.9 Å². The lowest BCUT2D eigenvalue weighted by Crippen LogP contribution is -1.90. The zero-order chi connectivity index (χ0) is 9.45. The summed E-state index contributed by atoms with van der Waals surface area (Å²) in [5, 5.41) is 0. The maximum Gasteiger partial charge on any atom is 0.290 e. The van der Waals surface area contributed by atoms with Gasteiger partial charge in [0.2, 0.25) is 0 Å². The highest BCUT2D eigenvalue weighted by molar-refractivity contribution is 7.85. The first kappa shape index (κ1) is 12.5. The van der Waals surface area contributed by atoms with Crippen molar-refractivity contribution in [2.24, 2.45) is 0 Å². The zero-order valence-corrected chi connectivity index (χ0v) is 9.53. The summed E-state index contributed by atoms with van der Waals surface area (Å²) >= 11 is 5.65. The van der Waals surface area contributed by atoms with Crippen LogP contribution in [0.2, 0.25) is 0 Å². The molecule has 0 aromatic carbocycles. The summed E-state index contributed by atoms with van der Waals surface area (Å²) in [4.78, 5) is 0. The predicted molar refractivity (Wildman–Crippen MR) is 54.1 cm³/mol. The van der Waals surface area contributed by atoms with Crippen LogP contribution in [0, 0.1) is 0 Å². The van der Waals surface area contributed by atoms with E-state index in [2.05, 4.69) is 6.92 Å². The third-order valence-corrected chi connectivity index (χ3v) is 3.89. The first-order valence-electron chi connectivity index (χ1n) is 4.55. The highest BCUT2D eigenvalue weighted by Crippen LogP contribution is 2.52. The number of halogens is 1. The summed E-state index contributed by atoms with van der Waals surface area (Å²) in [5.74, 6) is 0. The number of rotatable bonds is 7. The Hall–Kier alpha value is 0.480. The van der Waals surface area contributed by atoms with Crippen molar-refractivity contribution >= 4 is 18.0 Å². The van der Waals surface area contributed by atoms with Gasteiger partial charge in [-0.25, -0.2) is 0 Å². The average Bonchev–Trinajstić information content (AvgIpc) is 1.98. The van der Waals surface area contributed by atoms with Crippen LogP contribution in [0.5, 0.6) is 0 Å². The number of unbranched alkanes of at least 4 members (excludes halogenated alkanes) is 3. The van der Waals surface area contributed by atoms with Crippen molar-refractivity contribution in [1.29, 1.82) is 0 Å². The highest BCUT2D eigenvalue weighted by Gasteiger charge is 2.16. The summed E-state index contributed by atoms with van der Waals surface area (Å²) in [7, 11) is 0. The SMILES string of the molecule is CCCCCCP(=O)(Cl)OCC. The largest absolute Gasteiger partial charge is 0.318 e. The maximum atomic E-state index is 11.3. The second-order valence-corrected chi connectivity index (χ2v) is 6.22. The van der Waals surface area contributed by atoms with Crippen molar-refractivity contribution in [1.82, 2.24) is 0 Å². The van der Waals surface area contributed by atoms with Gasteiger partial charge >= 0.3 is 0 Å². The molecule has 0 radical (unpaired) electrons. The van der Waals surface area contributed by atoms with Gasteiger partial charge in [0.15, 0.2) is 0 Å². The van der Waals surface area contributed by atoms with Crippen LogP contribution in [-0.4, -0.2) is 12.8 Å².